The van der Waals surface area contributed by atoms with Gasteiger partial charge in [0.25, 0.3) is 0 Å². The number of nitrogens with one attached hydrogen (secondary N) is 3. The summed E-state index contributed by atoms with van der Waals surface area (Å²) in [6, 6.07) is 10.7. The third-order valence-electron chi connectivity index (χ3n) is 12.0. The molecule has 3 unspecified atom stereocenters. The van der Waals surface area contributed by atoms with Gasteiger partial charge < -0.3 is 20.4 Å². The number of hydrogen-bond donors (Lipinski definition) is 3. The molecule has 244 valence electrons. The first kappa shape index (κ1) is 32.7. The quantitative estimate of drug-likeness (QED) is 0.211. The molecule has 0 radical (unpaired) electrons. The fourth-order valence-corrected chi connectivity index (χ4v) is 10.5. The van der Waals surface area contributed by atoms with Gasteiger partial charge in [-0.1, -0.05) is 50.6 Å². The highest BCUT2D eigenvalue weighted by Crippen LogP contribution is 2.60. The van der Waals surface area contributed by atoms with E-state index in [2.05, 4.69) is 60.9 Å². The summed E-state index contributed by atoms with van der Waals surface area (Å²) in [7, 11) is -1.69. The van der Waals surface area contributed by atoms with Crippen molar-refractivity contribution in [3.63, 3.8) is 0 Å². The minimum atomic E-state index is -1.69. The first-order valence-corrected chi connectivity index (χ1v) is 20.6. The van der Waals surface area contributed by atoms with Gasteiger partial charge >= 0.3 is 0 Å². The molecule has 3 N–H and O–H groups in total. The van der Waals surface area contributed by atoms with Crippen molar-refractivity contribution in [1.82, 2.24) is 15.3 Å². The van der Waals surface area contributed by atoms with Crippen LogP contribution in [0.15, 0.2) is 30.5 Å². The summed E-state index contributed by atoms with van der Waals surface area (Å²) in [4.78, 5) is 9.11. The molecule has 5 fully saturated rings. The third-order valence-corrected chi connectivity index (χ3v) is 16.9. The molecule has 0 aliphatic heterocycles. The van der Waals surface area contributed by atoms with Crippen molar-refractivity contribution in [1.29, 1.82) is 5.26 Å². The normalized spacial score (nSPS) is 31.0. The van der Waals surface area contributed by atoms with Crippen molar-refractivity contribution in [2.45, 2.75) is 115 Å². The Hall–Kier alpha value is -2.18. The molecule has 4 bridgehead atoms. The summed E-state index contributed by atoms with van der Waals surface area (Å²) in [6.07, 6.45) is 13.7. The van der Waals surface area contributed by atoms with Crippen molar-refractivity contribution in [3.8, 4) is 6.07 Å². The van der Waals surface area contributed by atoms with Gasteiger partial charge in [0.2, 0.25) is 5.95 Å². The minimum Gasteiger partial charge on any atom is -0.414 e. The number of nitrogens with zero attached hydrogens (tertiary/aromatic N) is 3. The molecule has 0 spiro atoms. The lowest BCUT2D eigenvalue weighted by atomic mass is 9.48. The van der Waals surface area contributed by atoms with E-state index >= 15 is 0 Å². The van der Waals surface area contributed by atoms with Gasteiger partial charge in [-0.25, -0.2) is 4.98 Å². The number of anilines is 2. The van der Waals surface area contributed by atoms with Crippen LogP contribution in [0.25, 0.3) is 0 Å². The Morgan fingerprint density at radius 3 is 2.42 bits per heavy atom. The molecule has 5 atom stereocenters. The highest BCUT2D eigenvalue weighted by Gasteiger charge is 2.55. The predicted octanol–water partition coefficient (Wildman–Crippen LogP) is 8.39. The summed E-state index contributed by atoms with van der Waals surface area (Å²) in [5.74, 6) is 4.26. The van der Waals surface area contributed by atoms with Gasteiger partial charge in [0, 0.05) is 30.3 Å². The molecule has 0 saturated heterocycles. The second kappa shape index (κ2) is 13.1. The molecule has 5 aliphatic carbocycles. The molecule has 9 heteroatoms. The van der Waals surface area contributed by atoms with Crippen molar-refractivity contribution >= 4 is 31.7 Å². The second-order valence-corrected chi connectivity index (χ2v) is 21.5. The van der Waals surface area contributed by atoms with E-state index in [0.29, 0.717) is 41.0 Å². The molecule has 7 rings (SSSR count). The van der Waals surface area contributed by atoms with Gasteiger partial charge in [0.05, 0.1) is 6.20 Å². The van der Waals surface area contributed by atoms with Crippen LogP contribution in [0.3, 0.4) is 0 Å². The number of benzene rings is 1. The highest BCUT2D eigenvalue weighted by molar-refractivity contribution is 6.74. The maximum absolute atomic E-state index is 9.79. The van der Waals surface area contributed by atoms with Crippen LogP contribution < -0.4 is 16.0 Å². The standard InChI is InChI=1S/C36H53ClN6OSi/c1-35(2,3)45(4,5)44-30-12-10-24(11-13-30)20-39-32-27-14-25-15-28(32)18-36(16-25,17-27)23-42-33-29(19-38)22-41-34(43-33)40-21-26-8-6-7-9-31(26)37/h6-9,22,24-25,27-28,30,32,39H,10-18,20-21,23H2,1-5H3,(H2,40,41,42,43)/t24?,25?,27-,28+,30?,32?,36?. The van der Waals surface area contributed by atoms with Crippen LogP contribution >= 0.6 is 11.6 Å². The number of nitriles is 1. The first-order valence-electron chi connectivity index (χ1n) is 17.3. The number of halogens is 1. The number of aromatic nitrogens is 2. The van der Waals surface area contributed by atoms with Gasteiger partial charge in [-0.2, -0.15) is 10.2 Å². The van der Waals surface area contributed by atoms with Crippen molar-refractivity contribution in [2.75, 3.05) is 23.7 Å². The third kappa shape index (κ3) is 7.37. The highest BCUT2D eigenvalue weighted by atomic mass is 35.5. The van der Waals surface area contributed by atoms with E-state index in [1.165, 1.54) is 57.8 Å². The van der Waals surface area contributed by atoms with Crippen LogP contribution in [0.2, 0.25) is 23.2 Å². The lowest BCUT2D eigenvalue weighted by Gasteiger charge is -2.60. The van der Waals surface area contributed by atoms with E-state index in [1.807, 2.05) is 24.3 Å². The summed E-state index contributed by atoms with van der Waals surface area (Å²) in [5.41, 5.74) is 1.77. The second-order valence-electron chi connectivity index (χ2n) is 16.3. The van der Waals surface area contributed by atoms with Crippen LogP contribution in [0, 0.1) is 40.4 Å². The van der Waals surface area contributed by atoms with Gasteiger partial charge in [-0.05, 0) is 123 Å². The zero-order valence-corrected chi connectivity index (χ0v) is 29.7. The number of hydrogen-bond acceptors (Lipinski definition) is 7. The van der Waals surface area contributed by atoms with Gasteiger partial charge in [-0.3, -0.25) is 0 Å². The lowest BCUT2D eigenvalue weighted by molar-refractivity contribution is -0.0704. The smallest absolute Gasteiger partial charge is 0.224 e. The van der Waals surface area contributed by atoms with Crippen molar-refractivity contribution in [2.24, 2.45) is 29.1 Å². The van der Waals surface area contributed by atoms with Crippen LogP contribution in [0.4, 0.5) is 11.8 Å². The van der Waals surface area contributed by atoms with Gasteiger partial charge in [0.1, 0.15) is 17.5 Å². The van der Waals surface area contributed by atoms with Gasteiger partial charge in [0.15, 0.2) is 8.32 Å². The Morgan fingerprint density at radius 2 is 1.76 bits per heavy atom. The molecule has 1 aromatic heterocycles. The molecule has 7 nitrogen and oxygen atoms in total. The molecule has 0 amide bonds. The van der Waals surface area contributed by atoms with Gasteiger partial charge in [-0.15, -0.1) is 0 Å². The van der Waals surface area contributed by atoms with E-state index < -0.39 is 8.32 Å². The Morgan fingerprint density at radius 1 is 1.04 bits per heavy atom. The molecule has 5 aliphatic rings. The Balaban J connectivity index is 1.01. The van der Waals surface area contributed by atoms with Crippen LogP contribution in [0.5, 0.6) is 0 Å². The molecule has 1 heterocycles. The zero-order chi connectivity index (χ0) is 31.8. The Labute approximate surface area is 276 Å². The average Bonchev–Trinajstić information content (AvgIpc) is 2.99. The number of rotatable bonds is 11. The lowest BCUT2D eigenvalue weighted by Crippen LogP contribution is -2.60. The SMILES string of the molecule is CC(C)(C)[Si](C)(C)OC1CCC(CNC2[C@@H]3CC4C[C@H]2CC(CNc2nc(NCc5ccccc5Cl)ncc2C#N)(C4)C3)CC1. The van der Waals surface area contributed by atoms with E-state index in [9.17, 15) is 5.26 Å². The zero-order valence-electron chi connectivity index (χ0n) is 28.0. The monoisotopic (exact) mass is 648 g/mol. The Bertz CT molecular complexity index is 1360. The molecule has 5 saturated carbocycles. The van der Waals surface area contributed by atoms with E-state index in [1.54, 1.807) is 6.20 Å². The Kier molecular flexibility index (Phi) is 9.56. The molecule has 45 heavy (non-hydrogen) atoms. The first-order chi connectivity index (χ1) is 21.4. The molecular formula is C36H53ClN6OSi. The van der Waals surface area contributed by atoms with Crippen molar-refractivity contribution < 1.29 is 4.43 Å². The maximum Gasteiger partial charge on any atom is 0.224 e. The fraction of sp³-hybridized carbons (Fsp3) is 0.694. The summed E-state index contributed by atoms with van der Waals surface area (Å²) >= 11 is 6.33. The minimum absolute atomic E-state index is 0.280. The maximum atomic E-state index is 9.79. The van der Waals surface area contributed by atoms with Crippen molar-refractivity contribution in [3.05, 3.63) is 46.6 Å². The summed E-state index contributed by atoms with van der Waals surface area (Å²) in [5, 5.41) is 21.8. The van der Waals surface area contributed by atoms with E-state index in [-0.39, 0.29) is 10.5 Å². The van der Waals surface area contributed by atoms with Crippen LogP contribution in [-0.4, -0.2) is 43.5 Å². The molecule has 1 aromatic carbocycles. The van der Waals surface area contributed by atoms with Crippen LogP contribution in [0.1, 0.15) is 89.7 Å². The van der Waals surface area contributed by atoms with E-state index in [4.69, 9.17) is 21.0 Å². The van der Waals surface area contributed by atoms with Crippen LogP contribution in [-0.2, 0) is 11.0 Å². The fourth-order valence-electron chi connectivity index (χ4n) is 8.86. The summed E-state index contributed by atoms with van der Waals surface area (Å²) in [6.45, 7) is 14.4. The predicted molar refractivity (Wildman–Crippen MR) is 186 cm³/mol. The molecule has 2 aromatic rings. The molecular weight excluding hydrogens is 596 g/mol. The largest absolute Gasteiger partial charge is 0.414 e. The summed E-state index contributed by atoms with van der Waals surface area (Å²) < 4.78 is 6.76. The average molecular weight is 649 g/mol. The van der Waals surface area contributed by atoms with E-state index in [0.717, 1.165) is 42.3 Å². The topological polar surface area (TPSA) is 94.9 Å².